The van der Waals surface area contributed by atoms with Crippen LogP contribution in [0.1, 0.15) is 51.6 Å². The fraction of sp³-hybridized carbons (Fsp3) is 0.579. The number of hydrogen-bond acceptors (Lipinski definition) is 3. The van der Waals surface area contributed by atoms with Crippen molar-refractivity contribution in [2.75, 3.05) is 12.3 Å². The van der Waals surface area contributed by atoms with Gasteiger partial charge in [-0.1, -0.05) is 41.1 Å². The maximum atomic E-state index is 13.4. The second kappa shape index (κ2) is 7.31. The molecule has 1 aromatic carbocycles. The van der Waals surface area contributed by atoms with Crippen LogP contribution >= 0.6 is 27.7 Å². The molecule has 3 rings (SSSR count). The highest BCUT2D eigenvalue weighted by atomic mass is 79.9. The lowest BCUT2D eigenvalue weighted by atomic mass is 10.1. The first-order valence-electron chi connectivity index (χ1n) is 8.90. The van der Waals surface area contributed by atoms with E-state index in [4.69, 9.17) is 0 Å². The number of thioether (sulfide) groups is 1. The number of benzene rings is 1. The Morgan fingerprint density at radius 3 is 2.88 bits per heavy atom. The first-order valence-corrected chi connectivity index (χ1v) is 10.7. The Morgan fingerprint density at radius 1 is 1.48 bits per heavy atom. The van der Waals surface area contributed by atoms with Crippen LogP contribution in [0.5, 0.6) is 0 Å². The van der Waals surface area contributed by atoms with Gasteiger partial charge in [0.1, 0.15) is 6.04 Å². The van der Waals surface area contributed by atoms with Gasteiger partial charge in [0.05, 0.1) is 10.9 Å². The Bertz CT molecular complexity index is 683. The average molecular weight is 425 g/mol. The van der Waals surface area contributed by atoms with E-state index < -0.39 is 0 Å². The zero-order valence-corrected chi connectivity index (χ0v) is 17.4. The van der Waals surface area contributed by atoms with E-state index in [9.17, 15) is 9.59 Å². The van der Waals surface area contributed by atoms with Gasteiger partial charge in [-0.05, 0) is 38.3 Å². The minimum absolute atomic E-state index is 0.0300. The quantitative estimate of drug-likeness (QED) is 0.710. The van der Waals surface area contributed by atoms with Gasteiger partial charge in [-0.25, -0.2) is 0 Å². The van der Waals surface area contributed by atoms with Gasteiger partial charge in [0.25, 0.3) is 0 Å². The molecule has 0 radical (unpaired) electrons. The Hall–Kier alpha value is -1.01. The Kier molecular flexibility index (Phi) is 5.49. The molecule has 3 unspecified atom stereocenters. The van der Waals surface area contributed by atoms with Crippen LogP contribution in [-0.4, -0.2) is 44.8 Å². The van der Waals surface area contributed by atoms with E-state index in [1.165, 1.54) is 0 Å². The monoisotopic (exact) mass is 424 g/mol. The van der Waals surface area contributed by atoms with Crippen molar-refractivity contribution in [2.24, 2.45) is 0 Å². The summed E-state index contributed by atoms with van der Waals surface area (Å²) in [5, 5.41) is 0. The van der Waals surface area contributed by atoms with Crippen molar-refractivity contribution in [1.82, 2.24) is 9.80 Å². The van der Waals surface area contributed by atoms with Gasteiger partial charge < -0.3 is 9.80 Å². The maximum absolute atomic E-state index is 13.4. The van der Waals surface area contributed by atoms with Crippen LogP contribution in [-0.2, 0) is 9.59 Å². The van der Waals surface area contributed by atoms with Crippen LogP contribution in [0.2, 0.25) is 0 Å². The summed E-state index contributed by atoms with van der Waals surface area (Å²) in [6, 6.07) is 7.68. The van der Waals surface area contributed by atoms with Gasteiger partial charge in [-0.2, -0.15) is 0 Å². The number of nitrogens with zero attached hydrogens (tertiary/aromatic N) is 2. The molecule has 1 aromatic rings. The normalized spacial score (nSPS) is 26.6. The minimum Gasteiger partial charge on any atom is -0.334 e. The van der Waals surface area contributed by atoms with Crippen molar-refractivity contribution >= 4 is 39.5 Å². The van der Waals surface area contributed by atoms with Crippen molar-refractivity contribution < 1.29 is 9.59 Å². The third-order valence-corrected chi connectivity index (χ3v) is 7.53. The number of rotatable bonds is 5. The van der Waals surface area contributed by atoms with Crippen LogP contribution in [0, 0.1) is 0 Å². The molecule has 2 fully saturated rings. The van der Waals surface area contributed by atoms with E-state index >= 15 is 0 Å². The molecule has 4 nitrogen and oxygen atoms in total. The Labute approximate surface area is 162 Å². The largest absolute Gasteiger partial charge is 0.334 e. The molecule has 0 aromatic heterocycles. The molecule has 0 bridgehead atoms. The lowest BCUT2D eigenvalue weighted by Gasteiger charge is -2.36. The van der Waals surface area contributed by atoms with Gasteiger partial charge >= 0.3 is 0 Å². The minimum atomic E-state index is -0.332. The summed E-state index contributed by atoms with van der Waals surface area (Å²) in [4.78, 5) is 29.4. The molecule has 2 amide bonds. The molecule has 0 aliphatic carbocycles. The molecule has 2 aliphatic rings. The van der Waals surface area contributed by atoms with E-state index in [0.29, 0.717) is 18.7 Å². The van der Waals surface area contributed by atoms with Crippen LogP contribution < -0.4 is 0 Å². The van der Waals surface area contributed by atoms with Crippen molar-refractivity contribution in [2.45, 2.75) is 57.0 Å². The maximum Gasteiger partial charge on any atom is 0.246 e. The summed E-state index contributed by atoms with van der Waals surface area (Å²) in [7, 11) is 0. The van der Waals surface area contributed by atoms with E-state index in [1.54, 1.807) is 11.8 Å². The number of halogens is 1. The third-order valence-electron chi connectivity index (χ3n) is 5.30. The molecular weight excluding hydrogens is 400 g/mol. The van der Waals surface area contributed by atoms with Gasteiger partial charge in [0, 0.05) is 23.2 Å². The number of carbonyl (C=O) groups is 2. The fourth-order valence-electron chi connectivity index (χ4n) is 3.91. The van der Waals surface area contributed by atoms with E-state index in [2.05, 4.69) is 42.8 Å². The molecule has 0 spiro atoms. The van der Waals surface area contributed by atoms with Crippen molar-refractivity contribution in [3.8, 4) is 0 Å². The number of carbonyl (C=O) groups excluding carboxylic acids is 2. The van der Waals surface area contributed by atoms with E-state index in [-0.39, 0.29) is 28.8 Å². The molecule has 0 N–H and O–H groups in total. The van der Waals surface area contributed by atoms with Crippen molar-refractivity contribution in [3.05, 3.63) is 34.3 Å². The first kappa shape index (κ1) is 18.8. The fourth-order valence-corrected chi connectivity index (χ4v) is 5.95. The van der Waals surface area contributed by atoms with Gasteiger partial charge in [0.2, 0.25) is 11.8 Å². The summed E-state index contributed by atoms with van der Waals surface area (Å²) >= 11 is 5.36. The molecule has 2 aliphatic heterocycles. The lowest BCUT2D eigenvalue weighted by Crippen LogP contribution is -2.52. The van der Waals surface area contributed by atoms with Crippen LogP contribution in [0.25, 0.3) is 0 Å². The van der Waals surface area contributed by atoms with Crippen molar-refractivity contribution in [1.29, 1.82) is 0 Å². The number of fused-ring (bicyclic) bond motifs is 1. The standard InChI is InChI=1S/C19H25BrN2O2S/c1-4-11-21(13(2)14-7-5-6-8-15(14)20)18(24)16-12-25-19(3)10-9-17(23)22(16)19/h5-8,13,16H,4,9-12H2,1-3H3. The van der Waals surface area contributed by atoms with E-state index in [1.807, 2.05) is 28.0 Å². The summed E-state index contributed by atoms with van der Waals surface area (Å²) in [6.07, 6.45) is 2.29. The summed E-state index contributed by atoms with van der Waals surface area (Å²) < 4.78 is 1.01. The molecule has 3 atom stereocenters. The lowest BCUT2D eigenvalue weighted by molar-refractivity contribution is -0.145. The second-order valence-corrected chi connectivity index (χ2v) is 9.35. The molecule has 2 saturated heterocycles. The molecule has 136 valence electrons. The van der Waals surface area contributed by atoms with Gasteiger partial charge in [0.15, 0.2) is 0 Å². The summed E-state index contributed by atoms with van der Waals surface area (Å²) in [5.74, 6) is 0.900. The number of amides is 2. The molecule has 2 heterocycles. The highest BCUT2D eigenvalue weighted by molar-refractivity contribution is 9.10. The molecule has 0 saturated carbocycles. The zero-order chi connectivity index (χ0) is 18.2. The summed E-state index contributed by atoms with van der Waals surface area (Å²) in [6.45, 7) is 6.95. The predicted octanol–water partition coefficient (Wildman–Crippen LogP) is 4.20. The highest BCUT2D eigenvalue weighted by Gasteiger charge is 2.53. The highest BCUT2D eigenvalue weighted by Crippen LogP contribution is 2.48. The Balaban J connectivity index is 1.87. The first-order chi connectivity index (χ1) is 11.9. The molecular formula is C19H25BrN2O2S. The third kappa shape index (κ3) is 3.35. The van der Waals surface area contributed by atoms with Crippen molar-refractivity contribution in [3.63, 3.8) is 0 Å². The second-order valence-electron chi connectivity index (χ2n) is 6.99. The average Bonchev–Trinajstić information content (AvgIpc) is 3.08. The number of hydrogen-bond donors (Lipinski definition) is 0. The van der Waals surface area contributed by atoms with Crippen LogP contribution in [0.3, 0.4) is 0 Å². The molecule has 25 heavy (non-hydrogen) atoms. The smallest absolute Gasteiger partial charge is 0.246 e. The van der Waals surface area contributed by atoms with Crippen LogP contribution in [0.4, 0.5) is 0 Å². The summed E-state index contributed by atoms with van der Waals surface area (Å²) in [5.41, 5.74) is 1.10. The van der Waals surface area contributed by atoms with Gasteiger partial charge in [-0.15, -0.1) is 11.8 Å². The SMILES string of the molecule is CCCN(C(=O)C1CSC2(C)CCC(=O)N12)C(C)c1ccccc1Br. The van der Waals surface area contributed by atoms with Crippen LogP contribution in [0.15, 0.2) is 28.7 Å². The molecule has 6 heteroatoms. The van der Waals surface area contributed by atoms with Gasteiger partial charge in [-0.3, -0.25) is 9.59 Å². The van der Waals surface area contributed by atoms with E-state index in [0.717, 1.165) is 22.9 Å². The predicted molar refractivity (Wildman–Crippen MR) is 105 cm³/mol. The zero-order valence-electron chi connectivity index (χ0n) is 15.0. The Morgan fingerprint density at radius 2 is 2.20 bits per heavy atom. The topological polar surface area (TPSA) is 40.6 Å².